The van der Waals surface area contributed by atoms with Crippen LogP contribution in [0.2, 0.25) is 5.15 Å². The Hall–Kier alpha value is -2.06. The Kier molecular flexibility index (Phi) is 1.91. The van der Waals surface area contributed by atoms with Gasteiger partial charge in [0, 0.05) is 10.8 Å². The molecule has 1 N–H and O–H groups in total. The fraction of sp³-hybridized carbons (Fsp3) is 0. The lowest BCUT2D eigenvalue weighted by Crippen LogP contribution is -1.80. The van der Waals surface area contributed by atoms with Crippen molar-refractivity contribution in [2.75, 3.05) is 0 Å². The molecule has 86 valence electrons. The lowest BCUT2D eigenvalue weighted by molar-refractivity contribution is 1.43. The van der Waals surface area contributed by atoms with Gasteiger partial charge >= 0.3 is 0 Å². The summed E-state index contributed by atoms with van der Waals surface area (Å²) in [5.41, 5.74) is 3.07. The number of pyridine rings is 1. The molecule has 2 aromatic carbocycles. The van der Waals surface area contributed by atoms with Gasteiger partial charge in [0.1, 0.15) is 5.15 Å². The highest BCUT2D eigenvalue weighted by Crippen LogP contribution is 2.31. The summed E-state index contributed by atoms with van der Waals surface area (Å²) < 4.78 is 0. The maximum atomic E-state index is 6.06. The molecule has 0 fully saturated rings. The number of hydrogen-bond acceptors (Lipinski definition) is 1. The molecule has 0 spiro atoms. The summed E-state index contributed by atoms with van der Waals surface area (Å²) in [7, 11) is 0. The van der Waals surface area contributed by atoms with E-state index in [4.69, 9.17) is 11.6 Å². The van der Waals surface area contributed by atoms with Gasteiger partial charge in [0.15, 0.2) is 0 Å². The van der Waals surface area contributed by atoms with Crippen molar-refractivity contribution in [2.45, 2.75) is 0 Å². The molecular weight excluding hydrogens is 244 g/mol. The average Bonchev–Trinajstić information content (AvgIpc) is 2.77. The number of aromatic amines is 1. The molecule has 4 aromatic rings. The summed E-state index contributed by atoms with van der Waals surface area (Å²) in [6.07, 6.45) is 0. The highest BCUT2D eigenvalue weighted by molar-refractivity contribution is 6.30. The van der Waals surface area contributed by atoms with Crippen LogP contribution in [0.1, 0.15) is 0 Å². The molecule has 0 saturated carbocycles. The summed E-state index contributed by atoms with van der Waals surface area (Å²) in [5, 5.41) is 4.09. The van der Waals surface area contributed by atoms with E-state index in [9.17, 15) is 0 Å². The maximum Gasteiger partial charge on any atom is 0.106 e. The maximum absolute atomic E-state index is 6.06. The molecule has 2 aromatic heterocycles. The zero-order valence-corrected chi connectivity index (χ0v) is 10.2. The first-order valence-electron chi connectivity index (χ1n) is 5.78. The van der Waals surface area contributed by atoms with E-state index in [-0.39, 0.29) is 0 Å². The van der Waals surface area contributed by atoms with Crippen molar-refractivity contribution in [3.8, 4) is 0 Å². The molecule has 0 unspecified atom stereocenters. The van der Waals surface area contributed by atoms with Gasteiger partial charge in [0.2, 0.25) is 0 Å². The molecule has 2 heterocycles. The first-order chi connectivity index (χ1) is 8.83. The van der Waals surface area contributed by atoms with Gasteiger partial charge in [0.05, 0.1) is 16.6 Å². The van der Waals surface area contributed by atoms with E-state index in [1.165, 1.54) is 0 Å². The molecule has 4 rings (SSSR count). The Morgan fingerprint density at radius 1 is 0.889 bits per heavy atom. The van der Waals surface area contributed by atoms with Crippen molar-refractivity contribution in [1.82, 2.24) is 9.97 Å². The Morgan fingerprint density at radius 3 is 2.67 bits per heavy atom. The Labute approximate surface area is 108 Å². The summed E-state index contributed by atoms with van der Waals surface area (Å²) in [4.78, 5) is 7.87. The third-order valence-corrected chi connectivity index (χ3v) is 3.50. The summed E-state index contributed by atoms with van der Waals surface area (Å²) in [5.74, 6) is 0. The largest absolute Gasteiger partial charge is 0.345 e. The molecule has 0 atom stereocenters. The number of nitrogens with zero attached hydrogens (tertiary/aromatic N) is 1. The minimum atomic E-state index is 0.639. The third kappa shape index (κ3) is 1.27. The zero-order valence-electron chi connectivity index (χ0n) is 9.44. The molecule has 0 amide bonds. The number of nitrogens with one attached hydrogen (secondary N) is 1. The van der Waals surface area contributed by atoms with Gasteiger partial charge in [-0.25, -0.2) is 4.98 Å². The molecule has 18 heavy (non-hydrogen) atoms. The molecule has 2 nitrogen and oxygen atoms in total. The van der Waals surface area contributed by atoms with Gasteiger partial charge < -0.3 is 4.98 Å². The number of benzene rings is 2. The second kappa shape index (κ2) is 3.47. The minimum Gasteiger partial charge on any atom is -0.345 e. The van der Waals surface area contributed by atoms with Crippen molar-refractivity contribution in [3.05, 3.63) is 53.7 Å². The molecular formula is C15H9ClN2. The van der Waals surface area contributed by atoms with Crippen molar-refractivity contribution in [2.24, 2.45) is 0 Å². The van der Waals surface area contributed by atoms with Crippen molar-refractivity contribution in [3.63, 3.8) is 0 Å². The molecule has 0 aliphatic rings. The number of hydrogen-bond donors (Lipinski definition) is 1. The summed E-state index contributed by atoms with van der Waals surface area (Å²) in [6, 6.07) is 16.2. The van der Waals surface area contributed by atoms with Crippen LogP contribution in [0, 0.1) is 0 Å². The minimum absolute atomic E-state index is 0.639. The average molecular weight is 253 g/mol. The van der Waals surface area contributed by atoms with Crippen LogP contribution in [-0.2, 0) is 0 Å². The van der Waals surface area contributed by atoms with E-state index in [0.717, 1.165) is 32.7 Å². The number of halogens is 1. The van der Waals surface area contributed by atoms with Crippen molar-refractivity contribution >= 4 is 44.3 Å². The Balaban J connectivity index is 2.35. The van der Waals surface area contributed by atoms with Crippen LogP contribution in [0.5, 0.6) is 0 Å². The number of rotatable bonds is 0. The second-order valence-corrected chi connectivity index (χ2v) is 4.77. The van der Waals surface area contributed by atoms with Crippen LogP contribution in [0.15, 0.2) is 48.5 Å². The third-order valence-electron chi connectivity index (χ3n) is 3.28. The van der Waals surface area contributed by atoms with E-state index in [0.29, 0.717) is 5.15 Å². The number of aromatic nitrogens is 2. The van der Waals surface area contributed by atoms with Crippen LogP contribution in [0.25, 0.3) is 32.7 Å². The highest BCUT2D eigenvalue weighted by atomic mass is 35.5. The second-order valence-electron chi connectivity index (χ2n) is 4.36. The van der Waals surface area contributed by atoms with Gasteiger partial charge in [-0.3, -0.25) is 0 Å². The lowest BCUT2D eigenvalue weighted by atomic mass is 10.1. The van der Waals surface area contributed by atoms with Gasteiger partial charge in [-0.2, -0.15) is 0 Å². The Morgan fingerprint density at radius 2 is 1.72 bits per heavy atom. The number of fused-ring (bicyclic) bond motifs is 5. The molecule has 0 radical (unpaired) electrons. The SMILES string of the molecule is Clc1ccc2ccc3nc4ccccc4c3c2[nH]1. The predicted octanol–water partition coefficient (Wildman–Crippen LogP) is 4.52. The molecule has 0 aliphatic carbocycles. The van der Waals surface area contributed by atoms with Gasteiger partial charge in [-0.15, -0.1) is 0 Å². The van der Waals surface area contributed by atoms with Gasteiger partial charge in [-0.05, 0) is 29.7 Å². The molecule has 0 saturated heterocycles. The van der Waals surface area contributed by atoms with E-state index >= 15 is 0 Å². The number of para-hydroxylation sites is 1. The van der Waals surface area contributed by atoms with Crippen LogP contribution in [0.3, 0.4) is 0 Å². The summed E-state index contributed by atoms with van der Waals surface area (Å²) in [6.45, 7) is 0. The number of H-pyrrole nitrogens is 1. The van der Waals surface area contributed by atoms with E-state index < -0.39 is 0 Å². The van der Waals surface area contributed by atoms with E-state index in [1.807, 2.05) is 30.3 Å². The van der Waals surface area contributed by atoms with Crippen LogP contribution in [0.4, 0.5) is 0 Å². The van der Waals surface area contributed by atoms with E-state index in [2.05, 4.69) is 28.2 Å². The summed E-state index contributed by atoms with van der Waals surface area (Å²) >= 11 is 6.06. The monoisotopic (exact) mass is 252 g/mol. The highest BCUT2D eigenvalue weighted by Gasteiger charge is 2.09. The van der Waals surface area contributed by atoms with Gasteiger partial charge in [-0.1, -0.05) is 35.9 Å². The topological polar surface area (TPSA) is 28.7 Å². The zero-order chi connectivity index (χ0) is 12.1. The standard InChI is InChI=1S/C15H9ClN2/c16-13-8-6-9-5-7-12-14(15(9)18-13)10-3-1-2-4-11(10)17-12/h1-8,18H. The smallest absolute Gasteiger partial charge is 0.106 e. The molecule has 0 bridgehead atoms. The van der Waals surface area contributed by atoms with Crippen molar-refractivity contribution < 1.29 is 0 Å². The fourth-order valence-electron chi connectivity index (χ4n) is 2.48. The first-order valence-corrected chi connectivity index (χ1v) is 6.16. The Bertz CT molecular complexity index is 893. The quantitative estimate of drug-likeness (QED) is 0.458. The van der Waals surface area contributed by atoms with Crippen molar-refractivity contribution in [1.29, 1.82) is 0 Å². The predicted molar refractivity (Wildman–Crippen MR) is 76.1 cm³/mol. The van der Waals surface area contributed by atoms with Gasteiger partial charge in [0.25, 0.3) is 0 Å². The molecule has 0 aliphatic heterocycles. The first kappa shape index (κ1) is 9.92. The molecule has 3 heteroatoms. The van der Waals surface area contributed by atoms with E-state index in [1.54, 1.807) is 0 Å². The van der Waals surface area contributed by atoms with Crippen LogP contribution in [-0.4, -0.2) is 9.97 Å². The fourth-order valence-corrected chi connectivity index (χ4v) is 2.64. The normalized spacial score (nSPS) is 11.6. The van der Waals surface area contributed by atoms with Crippen LogP contribution >= 0.6 is 11.6 Å². The lowest BCUT2D eigenvalue weighted by Gasteiger charge is -2.01. The van der Waals surface area contributed by atoms with Crippen LogP contribution < -0.4 is 0 Å².